The molecule has 4 heavy (non-hydrogen) atoms. The van der Waals surface area contributed by atoms with Crippen molar-refractivity contribution in [3.63, 3.8) is 0 Å². The summed E-state index contributed by atoms with van der Waals surface area (Å²) in [5.74, 6) is 0. The number of hydrogen-bond donors (Lipinski definition) is 2. The molecule has 0 aliphatic heterocycles. The summed E-state index contributed by atoms with van der Waals surface area (Å²) in [4.78, 5) is 0. The van der Waals surface area contributed by atoms with Crippen molar-refractivity contribution in [1.29, 1.82) is 0 Å². The van der Waals surface area contributed by atoms with Crippen molar-refractivity contribution in [3.05, 3.63) is 0 Å². The van der Waals surface area contributed by atoms with E-state index in [1.807, 2.05) is 0 Å². The molecule has 0 heterocycles. The molecule has 2 nitrogen and oxygen atoms in total. The van der Waals surface area contributed by atoms with E-state index >= 15 is 0 Å². The van der Waals surface area contributed by atoms with Gasteiger partial charge >= 0.3 is 23.8 Å². The monoisotopic (exact) mass is 156 g/mol. The van der Waals surface area contributed by atoms with Crippen LogP contribution in [0.4, 0.5) is 0 Å². The van der Waals surface area contributed by atoms with Gasteiger partial charge in [-0.25, -0.2) is 0 Å². The zero-order valence-corrected chi connectivity index (χ0v) is 3.51. The average Bonchev–Trinajstić information content (AvgIpc) is 0.918. The zero-order valence-electron chi connectivity index (χ0n) is 1.53. The Balaban J connectivity index is 0. The van der Waals surface area contributed by atoms with E-state index in [0.717, 1.165) is 0 Å². The second kappa shape index (κ2) is 9.04. The summed E-state index contributed by atoms with van der Waals surface area (Å²) >= 11 is -0.562. The molecule has 0 aliphatic rings. The molecule has 0 aromatic carbocycles. The third-order valence-electron chi connectivity index (χ3n) is 0. The van der Waals surface area contributed by atoms with Crippen LogP contribution in [0.15, 0.2) is 0 Å². The third-order valence-corrected chi connectivity index (χ3v) is 0. The standard InChI is InChI=1S/Co.Cu.2H2O/h;;2*1H2/q+2;;;/p-2. The Labute approximate surface area is 41.3 Å². The van der Waals surface area contributed by atoms with Gasteiger partial charge in [-0.2, -0.15) is 0 Å². The Morgan fingerprint density at radius 1 is 1.25 bits per heavy atom. The van der Waals surface area contributed by atoms with Gasteiger partial charge in [0.2, 0.25) is 0 Å². The van der Waals surface area contributed by atoms with Gasteiger partial charge in [0.25, 0.3) is 0 Å². The fourth-order valence-corrected chi connectivity index (χ4v) is 0. The van der Waals surface area contributed by atoms with E-state index < -0.39 is 15.3 Å². The molecule has 0 unspecified atom stereocenters. The Kier molecular flexibility index (Phi) is 20.1. The molecule has 1 radical (unpaired) electrons. The van der Waals surface area contributed by atoms with E-state index in [4.69, 9.17) is 8.44 Å². The van der Waals surface area contributed by atoms with Crippen molar-refractivity contribution in [1.82, 2.24) is 0 Å². The van der Waals surface area contributed by atoms with Crippen molar-refractivity contribution >= 4 is 0 Å². The van der Waals surface area contributed by atoms with Gasteiger partial charge in [-0.3, -0.25) is 0 Å². The number of hydrogen-bond acceptors (Lipinski definition) is 2. The minimum absolute atomic E-state index is 0. The molecule has 0 fully saturated rings. The molecule has 2 N–H and O–H groups in total. The molecule has 0 atom stereocenters. The molecule has 0 amide bonds. The van der Waals surface area contributed by atoms with E-state index in [-0.39, 0.29) is 17.1 Å². The summed E-state index contributed by atoms with van der Waals surface area (Å²) in [6.45, 7) is 0. The maximum atomic E-state index is 7.09. The van der Waals surface area contributed by atoms with Crippen LogP contribution in [0.25, 0.3) is 0 Å². The van der Waals surface area contributed by atoms with Crippen molar-refractivity contribution < 1.29 is 40.9 Å². The fraction of sp³-hybridized carbons (Fsp3) is 0. The quantitative estimate of drug-likeness (QED) is 0.436. The van der Waals surface area contributed by atoms with E-state index in [1.54, 1.807) is 0 Å². The molecular formula is H2CoCuO2. The Hall–Kier alpha value is 0.946. The van der Waals surface area contributed by atoms with Gasteiger partial charge in [-0.1, -0.05) is 0 Å². The molecule has 0 aromatic heterocycles. The number of rotatable bonds is 0. The molecule has 4 heteroatoms. The van der Waals surface area contributed by atoms with Gasteiger partial charge in [0.1, 0.15) is 0 Å². The van der Waals surface area contributed by atoms with Crippen molar-refractivity contribution in [2.45, 2.75) is 0 Å². The molecule has 0 rings (SSSR count). The topological polar surface area (TPSA) is 40.5 Å². The van der Waals surface area contributed by atoms with Crippen LogP contribution >= 0.6 is 0 Å². The van der Waals surface area contributed by atoms with E-state index in [1.165, 1.54) is 0 Å². The second-order valence-electron chi connectivity index (χ2n) is 0.0667. The SMILES string of the molecule is [Cu].[OH][Co][OH]. The minimum atomic E-state index is -0.562. The van der Waals surface area contributed by atoms with Crippen LogP contribution in [0.5, 0.6) is 0 Å². The van der Waals surface area contributed by atoms with Gasteiger partial charge in [-0.15, -0.1) is 0 Å². The summed E-state index contributed by atoms with van der Waals surface area (Å²) in [6, 6.07) is 0. The predicted molar refractivity (Wildman–Crippen MR) is 4.44 cm³/mol. The van der Waals surface area contributed by atoms with Gasteiger partial charge in [-0.05, 0) is 0 Å². The van der Waals surface area contributed by atoms with Gasteiger partial charge in [0.15, 0.2) is 0 Å². The molecule has 0 saturated carbocycles. The van der Waals surface area contributed by atoms with Crippen LogP contribution in [0.1, 0.15) is 0 Å². The molecule has 0 aromatic rings. The van der Waals surface area contributed by atoms with Gasteiger partial charge in [0, 0.05) is 17.1 Å². The molecular weight excluding hydrogens is 154 g/mol. The van der Waals surface area contributed by atoms with Crippen molar-refractivity contribution in [3.8, 4) is 0 Å². The van der Waals surface area contributed by atoms with Crippen LogP contribution in [-0.4, -0.2) is 8.44 Å². The Morgan fingerprint density at radius 3 is 1.25 bits per heavy atom. The molecule has 34 valence electrons. The van der Waals surface area contributed by atoms with Crippen LogP contribution in [0, 0.1) is 0 Å². The molecule has 0 bridgehead atoms. The van der Waals surface area contributed by atoms with Crippen molar-refractivity contribution in [2.24, 2.45) is 0 Å². The Bertz CT molecular complexity index is 6.00. The molecule has 0 aliphatic carbocycles. The summed E-state index contributed by atoms with van der Waals surface area (Å²) in [5, 5.41) is 0. The van der Waals surface area contributed by atoms with Gasteiger partial charge < -0.3 is 0 Å². The van der Waals surface area contributed by atoms with Crippen molar-refractivity contribution in [2.75, 3.05) is 0 Å². The first-order valence-electron chi connectivity index (χ1n) is 0.298. The van der Waals surface area contributed by atoms with E-state index in [9.17, 15) is 0 Å². The summed E-state index contributed by atoms with van der Waals surface area (Å²) in [5.41, 5.74) is 0. The first-order chi connectivity index (χ1) is 1.41. The molecule has 0 spiro atoms. The Morgan fingerprint density at radius 2 is 1.25 bits per heavy atom. The van der Waals surface area contributed by atoms with Crippen LogP contribution < -0.4 is 0 Å². The first kappa shape index (κ1) is 8.87. The fourth-order valence-electron chi connectivity index (χ4n) is 0. The summed E-state index contributed by atoms with van der Waals surface area (Å²) in [6.07, 6.45) is 0. The first-order valence-corrected chi connectivity index (χ1v) is 1.23. The second-order valence-corrected chi connectivity index (χ2v) is 0.275. The van der Waals surface area contributed by atoms with Crippen LogP contribution in [-0.2, 0) is 32.4 Å². The third kappa shape index (κ3) is 12.5. The maximum absolute atomic E-state index is 7.09. The van der Waals surface area contributed by atoms with E-state index in [2.05, 4.69) is 0 Å². The van der Waals surface area contributed by atoms with Crippen LogP contribution in [0.2, 0.25) is 0 Å². The van der Waals surface area contributed by atoms with Gasteiger partial charge in [0.05, 0.1) is 0 Å². The molecule has 0 saturated heterocycles. The predicted octanol–water partition coefficient (Wildman–Crippen LogP) is -1.12. The summed E-state index contributed by atoms with van der Waals surface area (Å²) in [7, 11) is 0. The summed E-state index contributed by atoms with van der Waals surface area (Å²) < 4.78 is 14.2. The zero-order chi connectivity index (χ0) is 2.71. The normalized spacial score (nSPS) is 5.50. The van der Waals surface area contributed by atoms with Crippen LogP contribution in [0.3, 0.4) is 0 Å². The van der Waals surface area contributed by atoms with E-state index in [0.29, 0.717) is 0 Å². The average molecular weight is 156 g/mol.